The lowest BCUT2D eigenvalue weighted by molar-refractivity contribution is 0.0385. The van der Waals surface area contributed by atoms with E-state index in [1.54, 1.807) is 12.4 Å². The number of imidazole rings is 1. The van der Waals surface area contributed by atoms with Crippen LogP contribution in [0.2, 0.25) is 0 Å². The molecule has 27 heavy (non-hydrogen) atoms. The van der Waals surface area contributed by atoms with Crippen molar-refractivity contribution in [3.05, 3.63) is 24.3 Å². The molecule has 4 unspecified atom stereocenters. The Kier molecular flexibility index (Phi) is 6.85. The molecule has 8 nitrogen and oxygen atoms in total. The Bertz CT molecular complexity index is 790. The van der Waals surface area contributed by atoms with Crippen molar-refractivity contribution in [2.75, 3.05) is 19.8 Å². The quantitative estimate of drug-likeness (QED) is 0.468. The number of aromatic nitrogens is 3. The van der Waals surface area contributed by atoms with E-state index in [-0.39, 0.29) is 19.8 Å². The number of fused-ring (bicyclic) bond motifs is 5. The SMILES string of the molecule is FC1C2CO[C@@H]1COP(S)OCCn1c(nc3cnccc31)COP(S)O2. The lowest BCUT2D eigenvalue weighted by atomic mass is 10.2. The minimum atomic E-state index is -1.59. The molecule has 2 aromatic rings. The van der Waals surface area contributed by atoms with Gasteiger partial charge in [0.05, 0.1) is 31.5 Å². The Morgan fingerprint density at radius 2 is 2.04 bits per heavy atom. The zero-order chi connectivity index (χ0) is 18.8. The first-order chi connectivity index (χ1) is 13.1. The van der Waals surface area contributed by atoms with Crippen LogP contribution in [0.5, 0.6) is 0 Å². The lowest BCUT2D eigenvalue weighted by Crippen LogP contribution is -2.29. The maximum atomic E-state index is 14.5. The van der Waals surface area contributed by atoms with Gasteiger partial charge in [0.1, 0.15) is 30.2 Å². The fourth-order valence-corrected chi connectivity index (χ4v) is 5.17. The molecule has 13 heteroatoms. The van der Waals surface area contributed by atoms with E-state index >= 15 is 0 Å². The van der Waals surface area contributed by atoms with Crippen LogP contribution in [0.3, 0.4) is 0 Å². The van der Waals surface area contributed by atoms with Gasteiger partial charge in [-0.15, -0.1) is 0 Å². The highest BCUT2D eigenvalue weighted by molar-refractivity contribution is 8.42. The van der Waals surface area contributed by atoms with Crippen LogP contribution >= 0.6 is 39.7 Å². The number of hydrogen-bond donors (Lipinski definition) is 2. The summed E-state index contributed by atoms with van der Waals surface area (Å²) in [6.07, 6.45) is 0.595. The van der Waals surface area contributed by atoms with E-state index in [0.717, 1.165) is 11.0 Å². The summed E-state index contributed by atoms with van der Waals surface area (Å²) in [5.74, 6) is 0.684. The molecule has 0 radical (unpaired) electrons. The molecule has 2 aromatic heterocycles. The molecule has 0 N–H and O–H groups in total. The van der Waals surface area contributed by atoms with E-state index < -0.39 is 33.5 Å². The Morgan fingerprint density at radius 1 is 1.15 bits per heavy atom. The van der Waals surface area contributed by atoms with Gasteiger partial charge in [0.2, 0.25) is 15.2 Å². The van der Waals surface area contributed by atoms with Gasteiger partial charge in [0.15, 0.2) is 6.17 Å². The summed E-state index contributed by atoms with van der Waals surface area (Å²) in [4.78, 5) is 8.65. The molecular formula is C14H18FN3O5P2S2. The monoisotopic (exact) mass is 453 g/mol. The van der Waals surface area contributed by atoms with Gasteiger partial charge in [-0.25, -0.2) is 9.37 Å². The highest BCUT2D eigenvalue weighted by Crippen LogP contribution is 2.48. The van der Waals surface area contributed by atoms with Crippen LogP contribution in [0.1, 0.15) is 5.82 Å². The predicted octanol–water partition coefficient (Wildman–Crippen LogP) is 3.43. The molecule has 5 atom stereocenters. The van der Waals surface area contributed by atoms with Crippen LogP contribution in [0, 0.1) is 0 Å². The summed E-state index contributed by atoms with van der Waals surface area (Å²) < 4.78 is 44.3. The number of pyridine rings is 1. The highest BCUT2D eigenvalue weighted by Gasteiger charge is 2.40. The van der Waals surface area contributed by atoms with Crippen LogP contribution in [-0.4, -0.2) is 52.7 Å². The number of hydrogen-bond acceptors (Lipinski definition) is 9. The number of nitrogens with zero attached hydrogens (tertiary/aromatic N) is 3. The maximum absolute atomic E-state index is 14.5. The zero-order valence-electron chi connectivity index (χ0n) is 14.0. The molecule has 2 aliphatic rings. The van der Waals surface area contributed by atoms with Gasteiger partial charge in [-0.3, -0.25) is 4.98 Å². The predicted molar refractivity (Wildman–Crippen MR) is 106 cm³/mol. The normalized spacial score (nSPS) is 33.4. The molecule has 1 fully saturated rings. The number of thiol groups is 2. The van der Waals surface area contributed by atoms with Gasteiger partial charge in [0.25, 0.3) is 0 Å². The molecule has 2 bridgehead atoms. The van der Waals surface area contributed by atoms with E-state index in [1.165, 1.54) is 0 Å². The van der Waals surface area contributed by atoms with E-state index in [4.69, 9.17) is 22.8 Å². The highest BCUT2D eigenvalue weighted by atomic mass is 32.7. The Balaban J connectivity index is 1.56. The van der Waals surface area contributed by atoms with E-state index in [0.29, 0.717) is 19.0 Å². The number of alkyl halides is 1. The summed E-state index contributed by atoms with van der Waals surface area (Å²) in [6, 6.07) is 1.88. The Morgan fingerprint density at radius 3 is 2.93 bits per heavy atom. The number of halogens is 1. The Hall–Kier alpha value is -0.0900. The molecule has 148 valence electrons. The molecule has 1 saturated heterocycles. The van der Waals surface area contributed by atoms with Gasteiger partial charge in [-0.05, 0) is 6.07 Å². The molecule has 4 heterocycles. The van der Waals surface area contributed by atoms with Crippen molar-refractivity contribution >= 4 is 50.7 Å². The average molecular weight is 453 g/mol. The van der Waals surface area contributed by atoms with Crippen LogP contribution in [-0.2, 0) is 36.0 Å². The first-order valence-corrected chi connectivity index (χ1v) is 12.9. The molecule has 2 aliphatic heterocycles. The minimum absolute atomic E-state index is 0.0481. The average Bonchev–Trinajstić information content (AvgIpc) is 3.18. The van der Waals surface area contributed by atoms with Crippen molar-refractivity contribution in [3.63, 3.8) is 0 Å². The third kappa shape index (κ3) is 4.74. The molecule has 4 rings (SSSR count). The van der Waals surface area contributed by atoms with Gasteiger partial charge < -0.3 is 27.4 Å². The van der Waals surface area contributed by atoms with E-state index in [1.807, 2.05) is 10.6 Å². The second-order valence-electron chi connectivity index (χ2n) is 5.88. The molecule has 0 aromatic carbocycles. The molecule has 0 saturated carbocycles. The van der Waals surface area contributed by atoms with Gasteiger partial charge in [-0.2, -0.15) is 0 Å². The fourth-order valence-electron chi connectivity index (χ4n) is 2.91. The van der Waals surface area contributed by atoms with E-state index in [2.05, 4.69) is 34.5 Å². The smallest absolute Gasteiger partial charge is 0.235 e. The first-order valence-electron chi connectivity index (χ1n) is 8.20. The van der Waals surface area contributed by atoms with Crippen molar-refractivity contribution < 1.29 is 27.2 Å². The first kappa shape index (κ1) is 20.2. The minimum Gasteiger partial charge on any atom is -0.370 e. The standard InChI is InChI=1S/C14H18FN3O5P2S2/c15-14-11-7-21-24(26)20-4-3-18-10-1-2-16-5-9(10)17-13(18)8-22-25(27)23-12(14)6-19-11/h1-2,5,11-12,14,26-27H,3-4,6-8H2/t11-,12?,14?,24?,25?/m1/s1. The van der Waals surface area contributed by atoms with Crippen molar-refractivity contribution in [2.24, 2.45) is 0 Å². The fraction of sp³-hybridized carbons (Fsp3) is 0.571. The molecular weight excluding hydrogens is 435 g/mol. The largest absolute Gasteiger partial charge is 0.370 e. The summed E-state index contributed by atoms with van der Waals surface area (Å²) in [5, 5.41) is 0. The van der Waals surface area contributed by atoms with Gasteiger partial charge in [0, 0.05) is 12.7 Å². The molecule has 0 amide bonds. The van der Waals surface area contributed by atoms with E-state index in [9.17, 15) is 4.39 Å². The lowest BCUT2D eigenvalue weighted by Gasteiger charge is -2.19. The summed E-state index contributed by atoms with van der Waals surface area (Å²) in [7, 11) is -3.04. The van der Waals surface area contributed by atoms with Crippen molar-refractivity contribution in [1.82, 2.24) is 14.5 Å². The molecule has 0 aliphatic carbocycles. The summed E-state index contributed by atoms with van der Waals surface area (Å²) in [5.41, 5.74) is 1.67. The van der Waals surface area contributed by atoms with Gasteiger partial charge >= 0.3 is 0 Å². The third-order valence-corrected chi connectivity index (χ3v) is 7.11. The number of ether oxygens (including phenoxy) is 1. The van der Waals surface area contributed by atoms with Crippen LogP contribution in [0.25, 0.3) is 11.0 Å². The van der Waals surface area contributed by atoms with Crippen molar-refractivity contribution in [3.8, 4) is 0 Å². The van der Waals surface area contributed by atoms with Crippen LogP contribution in [0.15, 0.2) is 18.5 Å². The topological polar surface area (TPSA) is 76.9 Å². The number of rotatable bonds is 0. The summed E-state index contributed by atoms with van der Waals surface area (Å²) in [6.45, 7) is 1.22. The van der Waals surface area contributed by atoms with Crippen molar-refractivity contribution in [2.45, 2.75) is 31.5 Å². The third-order valence-electron chi connectivity index (χ3n) is 4.21. The summed E-state index contributed by atoms with van der Waals surface area (Å²) >= 11 is 8.62. The second kappa shape index (κ2) is 9.15. The maximum Gasteiger partial charge on any atom is 0.235 e. The Labute approximate surface area is 168 Å². The second-order valence-corrected chi connectivity index (χ2v) is 9.78. The zero-order valence-corrected chi connectivity index (χ0v) is 17.6. The van der Waals surface area contributed by atoms with Crippen LogP contribution < -0.4 is 0 Å². The van der Waals surface area contributed by atoms with Crippen LogP contribution in [0.4, 0.5) is 4.39 Å². The van der Waals surface area contributed by atoms with Crippen molar-refractivity contribution in [1.29, 1.82) is 0 Å². The molecule has 0 spiro atoms. The van der Waals surface area contributed by atoms with Gasteiger partial charge in [-0.1, -0.05) is 24.5 Å².